The Morgan fingerprint density at radius 1 is 0.633 bits per heavy atom. The molecule has 0 amide bonds. The third kappa shape index (κ3) is 3.49. The summed E-state index contributed by atoms with van der Waals surface area (Å²) in [5.41, 5.74) is 4.80. The van der Waals surface area contributed by atoms with Crippen LogP contribution in [0.2, 0.25) is 10.0 Å². The highest BCUT2D eigenvalue weighted by Crippen LogP contribution is 2.40. The molecule has 148 valence electrons. The normalized spacial score (nSPS) is 12.6. The van der Waals surface area contributed by atoms with Gasteiger partial charge in [0.05, 0.1) is 15.7 Å². The topological polar surface area (TPSA) is 44.2 Å². The number of nitrogens with zero attached hydrogens (tertiary/aromatic N) is 2. The third-order valence-corrected chi connectivity index (χ3v) is 5.59. The zero-order chi connectivity index (χ0) is 20.5. The van der Waals surface area contributed by atoms with E-state index in [1.54, 1.807) is 0 Å². The standard InChI is InChI=1S/C24H16Cl2N2O2/c25-19-7-3-1-5-16(19)21-14-18(15-9-10-22-23(13-15)30-12-11-29-22)24(28-27-21)17-6-2-4-8-20(17)26/h1-10,13-14H,11-12H2. The molecule has 1 aromatic heterocycles. The third-order valence-electron chi connectivity index (χ3n) is 4.93. The fraction of sp³-hybridized carbons (Fsp3) is 0.0833. The van der Waals surface area contributed by atoms with Crippen LogP contribution in [0, 0.1) is 0 Å². The van der Waals surface area contributed by atoms with Gasteiger partial charge in [-0.25, -0.2) is 0 Å². The van der Waals surface area contributed by atoms with Gasteiger partial charge in [0.15, 0.2) is 11.5 Å². The zero-order valence-electron chi connectivity index (χ0n) is 15.8. The molecule has 0 spiro atoms. The molecular formula is C24H16Cl2N2O2. The number of benzene rings is 3. The summed E-state index contributed by atoms with van der Waals surface area (Å²) in [4.78, 5) is 0. The van der Waals surface area contributed by atoms with Crippen molar-refractivity contribution in [3.05, 3.63) is 82.8 Å². The fourth-order valence-corrected chi connectivity index (χ4v) is 3.93. The lowest BCUT2D eigenvalue weighted by molar-refractivity contribution is 0.171. The van der Waals surface area contributed by atoms with Gasteiger partial charge in [-0.05, 0) is 35.9 Å². The molecule has 6 heteroatoms. The smallest absolute Gasteiger partial charge is 0.161 e. The molecule has 1 aliphatic heterocycles. The first-order chi connectivity index (χ1) is 14.7. The molecule has 0 saturated carbocycles. The average Bonchev–Trinajstić information content (AvgIpc) is 2.79. The first kappa shape index (κ1) is 18.9. The second-order valence-electron chi connectivity index (χ2n) is 6.81. The molecule has 0 radical (unpaired) electrons. The van der Waals surface area contributed by atoms with Gasteiger partial charge in [-0.2, -0.15) is 0 Å². The number of hydrogen-bond acceptors (Lipinski definition) is 4. The SMILES string of the molecule is Clc1ccccc1-c1cc(-c2ccc3c(c2)OCCO3)c(-c2ccccc2Cl)nn1. The van der Waals surface area contributed by atoms with Gasteiger partial charge in [0, 0.05) is 16.7 Å². The number of fused-ring (bicyclic) bond motifs is 1. The molecule has 30 heavy (non-hydrogen) atoms. The summed E-state index contributed by atoms with van der Waals surface area (Å²) in [6.07, 6.45) is 0. The van der Waals surface area contributed by atoms with Crippen LogP contribution >= 0.6 is 23.2 Å². The Hall–Kier alpha value is -3.08. The van der Waals surface area contributed by atoms with Crippen LogP contribution in [0.3, 0.4) is 0 Å². The fourth-order valence-electron chi connectivity index (χ4n) is 3.48. The Balaban J connectivity index is 1.73. The van der Waals surface area contributed by atoms with Crippen LogP contribution in [0.5, 0.6) is 11.5 Å². The van der Waals surface area contributed by atoms with E-state index in [1.807, 2.05) is 72.8 Å². The van der Waals surface area contributed by atoms with E-state index >= 15 is 0 Å². The molecule has 5 rings (SSSR count). The molecule has 0 bridgehead atoms. The van der Waals surface area contributed by atoms with E-state index in [0.29, 0.717) is 40.4 Å². The van der Waals surface area contributed by atoms with Gasteiger partial charge < -0.3 is 9.47 Å². The summed E-state index contributed by atoms with van der Waals surface area (Å²) in [5.74, 6) is 1.44. The highest BCUT2D eigenvalue weighted by atomic mass is 35.5. The maximum Gasteiger partial charge on any atom is 0.161 e. The molecule has 4 nitrogen and oxygen atoms in total. The molecule has 0 aliphatic carbocycles. The summed E-state index contributed by atoms with van der Waals surface area (Å²) in [6.45, 7) is 1.07. The predicted octanol–water partition coefficient (Wildman–Crippen LogP) is 6.56. The average molecular weight is 435 g/mol. The van der Waals surface area contributed by atoms with Crippen molar-refractivity contribution in [1.82, 2.24) is 10.2 Å². The van der Waals surface area contributed by atoms with Crippen LogP contribution in [0.4, 0.5) is 0 Å². The monoisotopic (exact) mass is 434 g/mol. The largest absolute Gasteiger partial charge is 0.486 e. The summed E-state index contributed by atoms with van der Waals surface area (Å²) in [5, 5.41) is 10.2. The van der Waals surface area contributed by atoms with Crippen LogP contribution in [-0.4, -0.2) is 23.4 Å². The first-order valence-electron chi connectivity index (χ1n) is 9.48. The molecule has 0 fully saturated rings. The summed E-state index contributed by atoms with van der Waals surface area (Å²) < 4.78 is 11.4. The van der Waals surface area contributed by atoms with Crippen LogP contribution in [0.1, 0.15) is 0 Å². The predicted molar refractivity (Wildman–Crippen MR) is 119 cm³/mol. The van der Waals surface area contributed by atoms with Gasteiger partial charge in [0.25, 0.3) is 0 Å². The lowest BCUT2D eigenvalue weighted by Crippen LogP contribution is -2.15. The number of halogens is 2. The number of aromatic nitrogens is 2. The minimum absolute atomic E-state index is 0.521. The Bertz CT molecular complexity index is 1240. The molecule has 1 aliphatic rings. The van der Waals surface area contributed by atoms with Crippen molar-refractivity contribution in [1.29, 1.82) is 0 Å². The second-order valence-corrected chi connectivity index (χ2v) is 7.62. The van der Waals surface area contributed by atoms with Gasteiger partial charge in [-0.15, -0.1) is 10.2 Å². The van der Waals surface area contributed by atoms with Gasteiger partial charge in [0.2, 0.25) is 0 Å². The van der Waals surface area contributed by atoms with E-state index in [4.69, 9.17) is 32.7 Å². The van der Waals surface area contributed by atoms with Crippen LogP contribution in [-0.2, 0) is 0 Å². The van der Waals surface area contributed by atoms with E-state index in [2.05, 4.69) is 10.2 Å². The van der Waals surface area contributed by atoms with Gasteiger partial charge >= 0.3 is 0 Å². The van der Waals surface area contributed by atoms with Gasteiger partial charge in [-0.3, -0.25) is 0 Å². The highest BCUT2D eigenvalue weighted by Gasteiger charge is 2.18. The molecule has 0 N–H and O–H groups in total. The van der Waals surface area contributed by atoms with E-state index in [0.717, 1.165) is 28.0 Å². The highest BCUT2D eigenvalue weighted by molar-refractivity contribution is 6.33. The van der Waals surface area contributed by atoms with Crippen LogP contribution in [0.15, 0.2) is 72.8 Å². The Labute approximate surface area is 184 Å². The van der Waals surface area contributed by atoms with E-state index in [9.17, 15) is 0 Å². The Morgan fingerprint density at radius 3 is 2.03 bits per heavy atom. The molecule has 3 aromatic carbocycles. The number of rotatable bonds is 3. The molecule has 0 unspecified atom stereocenters. The molecule has 2 heterocycles. The van der Waals surface area contributed by atoms with Crippen molar-refractivity contribution in [2.45, 2.75) is 0 Å². The summed E-state index contributed by atoms with van der Waals surface area (Å²) in [7, 11) is 0. The molecule has 0 saturated heterocycles. The van der Waals surface area contributed by atoms with Crippen molar-refractivity contribution in [2.24, 2.45) is 0 Å². The van der Waals surface area contributed by atoms with Crippen molar-refractivity contribution in [3.8, 4) is 45.1 Å². The van der Waals surface area contributed by atoms with Gasteiger partial charge in [-0.1, -0.05) is 65.7 Å². The maximum atomic E-state index is 6.48. The van der Waals surface area contributed by atoms with Gasteiger partial charge in [0.1, 0.15) is 18.9 Å². The minimum atomic E-state index is 0.521. The lowest BCUT2D eigenvalue weighted by Gasteiger charge is -2.19. The summed E-state index contributed by atoms with van der Waals surface area (Å²) >= 11 is 12.9. The summed E-state index contributed by atoms with van der Waals surface area (Å²) in [6, 6.07) is 23.0. The first-order valence-corrected chi connectivity index (χ1v) is 10.2. The molecule has 0 atom stereocenters. The van der Waals surface area contributed by atoms with Crippen molar-refractivity contribution in [2.75, 3.05) is 13.2 Å². The van der Waals surface area contributed by atoms with Crippen molar-refractivity contribution in [3.63, 3.8) is 0 Å². The quantitative estimate of drug-likeness (QED) is 0.366. The van der Waals surface area contributed by atoms with E-state index < -0.39 is 0 Å². The maximum absolute atomic E-state index is 6.48. The lowest BCUT2D eigenvalue weighted by atomic mass is 9.97. The zero-order valence-corrected chi connectivity index (χ0v) is 17.3. The Kier molecular flexibility index (Phi) is 5.03. The minimum Gasteiger partial charge on any atom is -0.486 e. The molecule has 4 aromatic rings. The van der Waals surface area contributed by atoms with Crippen molar-refractivity contribution < 1.29 is 9.47 Å². The van der Waals surface area contributed by atoms with Crippen molar-refractivity contribution >= 4 is 23.2 Å². The second kappa shape index (κ2) is 7.98. The van der Waals surface area contributed by atoms with E-state index in [-0.39, 0.29) is 0 Å². The van der Waals surface area contributed by atoms with E-state index in [1.165, 1.54) is 0 Å². The van der Waals surface area contributed by atoms with Crippen LogP contribution in [0.25, 0.3) is 33.6 Å². The van der Waals surface area contributed by atoms with Crippen LogP contribution < -0.4 is 9.47 Å². The Morgan fingerprint density at radius 2 is 1.30 bits per heavy atom. The molecular weight excluding hydrogens is 419 g/mol. The number of ether oxygens (including phenoxy) is 2. The number of hydrogen-bond donors (Lipinski definition) is 0.